The van der Waals surface area contributed by atoms with Crippen LogP contribution >= 0.6 is 0 Å². The van der Waals surface area contributed by atoms with E-state index in [4.69, 9.17) is 14.2 Å². The van der Waals surface area contributed by atoms with E-state index in [-0.39, 0.29) is 11.9 Å². The van der Waals surface area contributed by atoms with Gasteiger partial charge >= 0.3 is 5.97 Å². The first-order valence-corrected chi connectivity index (χ1v) is 9.33. The second-order valence-electron chi connectivity index (χ2n) is 6.77. The molecule has 1 aliphatic rings. The lowest BCUT2D eigenvalue weighted by Crippen LogP contribution is -2.44. The Morgan fingerprint density at radius 1 is 1.11 bits per heavy atom. The van der Waals surface area contributed by atoms with Gasteiger partial charge in [-0.25, -0.2) is 4.79 Å². The summed E-state index contributed by atoms with van der Waals surface area (Å²) < 4.78 is 15.7. The minimum Gasteiger partial charge on any atom is -0.493 e. The highest BCUT2D eigenvalue weighted by molar-refractivity contribution is 5.90. The van der Waals surface area contributed by atoms with Gasteiger partial charge in [0.15, 0.2) is 17.6 Å². The number of hydrogen-bond donors (Lipinski definition) is 0. The lowest BCUT2D eigenvalue weighted by molar-refractivity contribution is -0.156. The van der Waals surface area contributed by atoms with Crippen molar-refractivity contribution in [3.05, 3.63) is 29.8 Å². The standard InChI is InChI=1S/C21H29NO5/c1-15(21(24)22(2)17-8-6-5-7-9-17)27-20(23)13-11-16-10-12-18(25-3)19(14-16)26-4/h10-15,17H,5-9H2,1-4H3/b13-11+/t15-/m1/s1. The number of carbonyl (C=O) groups excluding carboxylic acids is 2. The molecule has 148 valence electrons. The molecule has 0 spiro atoms. The molecule has 1 atom stereocenters. The predicted molar refractivity (Wildman–Crippen MR) is 104 cm³/mol. The van der Waals surface area contributed by atoms with Gasteiger partial charge in [-0.05, 0) is 43.5 Å². The molecular weight excluding hydrogens is 346 g/mol. The second-order valence-corrected chi connectivity index (χ2v) is 6.77. The molecule has 6 heteroatoms. The van der Waals surface area contributed by atoms with Gasteiger partial charge in [-0.1, -0.05) is 25.3 Å². The highest BCUT2D eigenvalue weighted by atomic mass is 16.5. The molecule has 0 heterocycles. The molecular formula is C21H29NO5. The van der Waals surface area contributed by atoms with Gasteiger partial charge < -0.3 is 19.1 Å². The number of methoxy groups -OCH3 is 2. The Bertz CT molecular complexity index is 679. The number of likely N-dealkylation sites (N-methyl/N-ethyl adjacent to an activating group) is 1. The fraction of sp³-hybridized carbons (Fsp3) is 0.524. The van der Waals surface area contributed by atoms with Crippen LogP contribution < -0.4 is 9.47 Å². The first-order chi connectivity index (χ1) is 13.0. The van der Waals surface area contributed by atoms with Crippen molar-refractivity contribution >= 4 is 18.0 Å². The third kappa shape index (κ3) is 5.74. The van der Waals surface area contributed by atoms with Crippen LogP contribution in [0.4, 0.5) is 0 Å². The van der Waals surface area contributed by atoms with Crippen LogP contribution in [0.3, 0.4) is 0 Å². The Kier molecular flexibility index (Phi) is 7.70. The van der Waals surface area contributed by atoms with Gasteiger partial charge in [0.1, 0.15) is 0 Å². The lowest BCUT2D eigenvalue weighted by atomic mass is 9.94. The molecule has 27 heavy (non-hydrogen) atoms. The molecule has 0 saturated heterocycles. The Morgan fingerprint density at radius 3 is 2.41 bits per heavy atom. The zero-order valence-electron chi connectivity index (χ0n) is 16.6. The van der Waals surface area contributed by atoms with Crippen molar-refractivity contribution < 1.29 is 23.8 Å². The number of rotatable bonds is 7. The van der Waals surface area contributed by atoms with E-state index in [2.05, 4.69) is 0 Å². The van der Waals surface area contributed by atoms with Crippen molar-refractivity contribution in [3.63, 3.8) is 0 Å². The van der Waals surface area contributed by atoms with Gasteiger partial charge in [0.05, 0.1) is 14.2 Å². The summed E-state index contributed by atoms with van der Waals surface area (Å²) in [5.41, 5.74) is 0.767. The van der Waals surface area contributed by atoms with Gasteiger partial charge in [0, 0.05) is 19.2 Å². The summed E-state index contributed by atoms with van der Waals surface area (Å²) in [4.78, 5) is 26.3. The topological polar surface area (TPSA) is 65.1 Å². The molecule has 1 fully saturated rings. The van der Waals surface area contributed by atoms with Crippen molar-refractivity contribution in [1.29, 1.82) is 0 Å². The van der Waals surface area contributed by atoms with E-state index in [0.29, 0.717) is 11.5 Å². The molecule has 1 amide bonds. The molecule has 1 saturated carbocycles. The first-order valence-electron chi connectivity index (χ1n) is 9.33. The fourth-order valence-electron chi connectivity index (χ4n) is 3.32. The second kappa shape index (κ2) is 10.00. The maximum absolute atomic E-state index is 12.5. The number of benzene rings is 1. The molecule has 0 unspecified atom stereocenters. The summed E-state index contributed by atoms with van der Waals surface area (Å²) in [6.45, 7) is 1.61. The monoisotopic (exact) mass is 375 g/mol. The molecule has 1 aromatic rings. The molecule has 0 bridgehead atoms. The molecule has 1 aliphatic carbocycles. The maximum Gasteiger partial charge on any atom is 0.331 e. The molecule has 2 rings (SSSR count). The number of esters is 1. The van der Waals surface area contributed by atoms with Crippen LogP contribution in [0.1, 0.15) is 44.6 Å². The van der Waals surface area contributed by atoms with Crippen molar-refractivity contribution in [1.82, 2.24) is 4.90 Å². The molecule has 0 radical (unpaired) electrons. The molecule has 0 N–H and O–H groups in total. The Balaban J connectivity index is 1.92. The van der Waals surface area contributed by atoms with Gasteiger partial charge in [-0.2, -0.15) is 0 Å². The average Bonchev–Trinajstić information content (AvgIpc) is 2.71. The summed E-state index contributed by atoms with van der Waals surface area (Å²) in [5.74, 6) is 0.477. The summed E-state index contributed by atoms with van der Waals surface area (Å²) in [6, 6.07) is 5.56. The third-order valence-corrected chi connectivity index (χ3v) is 4.93. The van der Waals surface area contributed by atoms with Crippen molar-refractivity contribution in [2.45, 2.75) is 51.2 Å². The van der Waals surface area contributed by atoms with E-state index >= 15 is 0 Å². The van der Waals surface area contributed by atoms with E-state index in [0.717, 1.165) is 31.2 Å². The number of nitrogens with zero attached hydrogens (tertiary/aromatic N) is 1. The van der Waals surface area contributed by atoms with E-state index in [1.165, 1.54) is 12.5 Å². The number of hydrogen-bond acceptors (Lipinski definition) is 5. The summed E-state index contributed by atoms with van der Waals surface area (Å²) in [6.07, 6.45) is 7.67. The highest BCUT2D eigenvalue weighted by Crippen LogP contribution is 2.28. The number of carbonyl (C=O) groups is 2. The minimum absolute atomic E-state index is 0.158. The maximum atomic E-state index is 12.5. The lowest BCUT2D eigenvalue weighted by Gasteiger charge is -2.32. The quantitative estimate of drug-likeness (QED) is 0.540. The van der Waals surface area contributed by atoms with Crippen LogP contribution in [0.5, 0.6) is 11.5 Å². The Hall–Kier alpha value is -2.50. The van der Waals surface area contributed by atoms with Gasteiger partial charge in [-0.3, -0.25) is 4.79 Å². The summed E-state index contributed by atoms with van der Waals surface area (Å²) >= 11 is 0. The first kappa shape index (κ1) is 20.8. The minimum atomic E-state index is -0.806. The third-order valence-electron chi connectivity index (χ3n) is 4.93. The predicted octanol–water partition coefficient (Wildman–Crippen LogP) is 3.44. The highest BCUT2D eigenvalue weighted by Gasteiger charge is 2.27. The van der Waals surface area contributed by atoms with Crippen molar-refractivity contribution in [2.75, 3.05) is 21.3 Å². The summed E-state index contributed by atoms with van der Waals surface area (Å²) in [7, 11) is 4.91. The van der Waals surface area contributed by atoms with Crippen LogP contribution in [0.25, 0.3) is 6.08 Å². The molecule has 0 aliphatic heterocycles. The average molecular weight is 375 g/mol. The van der Waals surface area contributed by atoms with Crippen LogP contribution in [-0.2, 0) is 14.3 Å². The van der Waals surface area contributed by atoms with E-state index in [1.54, 1.807) is 57.4 Å². The van der Waals surface area contributed by atoms with Crippen LogP contribution in [0, 0.1) is 0 Å². The van der Waals surface area contributed by atoms with E-state index in [1.807, 2.05) is 0 Å². The smallest absolute Gasteiger partial charge is 0.331 e. The molecule has 6 nitrogen and oxygen atoms in total. The van der Waals surface area contributed by atoms with Crippen molar-refractivity contribution in [2.24, 2.45) is 0 Å². The van der Waals surface area contributed by atoms with Crippen molar-refractivity contribution in [3.8, 4) is 11.5 Å². The Labute approximate surface area is 161 Å². The SMILES string of the molecule is COc1ccc(/C=C/C(=O)O[C@H](C)C(=O)N(C)C2CCCCC2)cc1OC. The van der Waals surface area contributed by atoms with Gasteiger partial charge in [0.2, 0.25) is 0 Å². The van der Waals surface area contributed by atoms with Crippen LogP contribution in [-0.4, -0.2) is 50.2 Å². The van der Waals surface area contributed by atoms with Crippen LogP contribution in [0.2, 0.25) is 0 Å². The number of ether oxygens (including phenoxy) is 3. The Morgan fingerprint density at radius 2 is 1.78 bits per heavy atom. The van der Waals surface area contributed by atoms with E-state index < -0.39 is 12.1 Å². The zero-order chi connectivity index (χ0) is 19.8. The van der Waals surface area contributed by atoms with Gasteiger partial charge in [0.25, 0.3) is 5.91 Å². The zero-order valence-corrected chi connectivity index (χ0v) is 16.6. The largest absolute Gasteiger partial charge is 0.493 e. The summed E-state index contributed by atoms with van der Waals surface area (Å²) in [5, 5.41) is 0. The fourth-order valence-corrected chi connectivity index (χ4v) is 3.32. The van der Waals surface area contributed by atoms with E-state index in [9.17, 15) is 9.59 Å². The van der Waals surface area contributed by atoms with Crippen LogP contribution in [0.15, 0.2) is 24.3 Å². The number of amides is 1. The normalized spacial score (nSPS) is 16.0. The molecule has 1 aromatic carbocycles. The molecule has 0 aromatic heterocycles. The van der Waals surface area contributed by atoms with Gasteiger partial charge in [-0.15, -0.1) is 0 Å².